The van der Waals surface area contributed by atoms with E-state index in [1.807, 2.05) is 13.8 Å². The Morgan fingerprint density at radius 1 is 1.11 bits per heavy atom. The number of anilines is 2. The molecule has 1 aromatic heterocycles. The van der Waals surface area contributed by atoms with Crippen molar-refractivity contribution in [2.75, 3.05) is 17.2 Å². The molecule has 0 fully saturated rings. The van der Waals surface area contributed by atoms with Crippen LogP contribution in [0.15, 0.2) is 54.6 Å². The first-order valence-electron chi connectivity index (χ1n) is 10.6. The third kappa shape index (κ3) is 7.54. The lowest BCUT2D eigenvalue weighted by Crippen LogP contribution is -2.30. The number of halogens is 3. The minimum absolute atomic E-state index is 0.0389. The lowest BCUT2D eigenvalue weighted by atomic mass is 10.1. The first-order valence-corrected chi connectivity index (χ1v) is 10.6. The first kappa shape index (κ1) is 25.7. The predicted octanol–water partition coefficient (Wildman–Crippen LogP) is 4.99. The average molecular weight is 491 g/mol. The molecule has 0 aliphatic heterocycles. The van der Waals surface area contributed by atoms with Crippen molar-refractivity contribution in [3.63, 3.8) is 0 Å². The van der Waals surface area contributed by atoms with Gasteiger partial charge in [0.25, 0.3) is 5.69 Å². The molecule has 1 atom stereocenters. The van der Waals surface area contributed by atoms with Crippen molar-refractivity contribution in [3.8, 4) is 17.0 Å². The maximum atomic E-state index is 12.7. The molecule has 0 saturated heterocycles. The second-order valence-corrected chi connectivity index (χ2v) is 8.00. The maximum Gasteiger partial charge on any atom is 0.573 e. The fraction of sp³-hybridized carbons (Fsp3) is 0.304. The molecule has 0 bridgehead atoms. The smallest absolute Gasteiger partial charge is 0.406 e. The van der Waals surface area contributed by atoms with E-state index in [4.69, 9.17) is 0 Å². The van der Waals surface area contributed by atoms with E-state index in [0.717, 1.165) is 0 Å². The van der Waals surface area contributed by atoms with Crippen molar-refractivity contribution in [1.29, 1.82) is 0 Å². The number of nitro groups is 1. The summed E-state index contributed by atoms with van der Waals surface area (Å²) in [6, 6.07) is 12.6. The second-order valence-electron chi connectivity index (χ2n) is 8.00. The summed E-state index contributed by atoms with van der Waals surface area (Å²) in [5.41, 5.74) is 1.22. The molecule has 12 heteroatoms. The molecule has 186 valence electrons. The normalized spacial score (nSPS) is 12.3. The molecule has 1 heterocycles. The summed E-state index contributed by atoms with van der Waals surface area (Å²) in [5.74, 6) is 0.118. The highest BCUT2D eigenvalue weighted by Gasteiger charge is 2.31. The Labute approximate surface area is 199 Å². The number of aliphatic hydroxyl groups excluding tert-OH is 1. The number of non-ortho nitro benzene ring substituents is 1. The van der Waals surface area contributed by atoms with Gasteiger partial charge in [-0.3, -0.25) is 10.1 Å². The summed E-state index contributed by atoms with van der Waals surface area (Å²) in [6.45, 7) is 3.81. The van der Waals surface area contributed by atoms with Crippen LogP contribution in [0.3, 0.4) is 0 Å². The van der Waals surface area contributed by atoms with E-state index in [2.05, 4.69) is 25.3 Å². The molecular formula is C23H24F3N5O4. The molecule has 0 amide bonds. The van der Waals surface area contributed by atoms with Crippen molar-refractivity contribution in [1.82, 2.24) is 9.97 Å². The number of benzene rings is 2. The van der Waals surface area contributed by atoms with E-state index in [9.17, 15) is 28.4 Å². The van der Waals surface area contributed by atoms with Crippen LogP contribution in [0.5, 0.6) is 5.75 Å². The summed E-state index contributed by atoms with van der Waals surface area (Å²) < 4.78 is 42.0. The third-order valence-electron chi connectivity index (χ3n) is 5.00. The van der Waals surface area contributed by atoms with Crippen LogP contribution >= 0.6 is 0 Å². The van der Waals surface area contributed by atoms with Crippen LogP contribution in [0.25, 0.3) is 11.3 Å². The van der Waals surface area contributed by atoms with Gasteiger partial charge in [-0.25, -0.2) is 4.98 Å². The van der Waals surface area contributed by atoms with E-state index in [1.54, 1.807) is 24.3 Å². The number of ether oxygens (including phenoxy) is 1. The molecule has 0 aliphatic rings. The van der Waals surface area contributed by atoms with Gasteiger partial charge in [0.15, 0.2) is 0 Å². The summed E-state index contributed by atoms with van der Waals surface area (Å²) in [6.07, 6.45) is -4.84. The lowest BCUT2D eigenvalue weighted by molar-refractivity contribution is -0.384. The zero-order valence-electron chi connectivity index (χ0n) is 18.9. The van der Waals surface area contributed by atoms with Crippen LogP contribution in [-0.2, 0) is 6.54 Å². The fourth-order valence-corrected chi connectivity index (χ4v) is 3.16. The molecule has 0 spiro atoms. The molecule has 0 saturated carbocycles. The molecule has 0 aliphatic carbocycles. The van der Waals surface area contributed by atoms with Crippen molar-refractivity contribution in [2.45, 2.75) is 32.8 Å². The van der Waals surface area contributed by atoms with Gasteiger partial charge >= 0.3 is 6.36 Å². The number of nitrogens with one attached hydrogen (secondary N) is 2. The van der Waals surface area contributed by atoms with E-state index in [-0.39, 0.29) is 36.7 Å². The Kier molecular flexibility index (Phi) is 8.07. The zero-order valence-corrected chi connectivity index (χ0v) is 18.9. The van der Waals surface area contributed by atoms with E-state index < -0.39 is 17.0 Å². The van der Waals surface area contributed by atoms with Gasteiger partial charge in [-0.1, -0.05) is 38.1 Å². The van der Waals surface area contributed by atoms with Crippen LogP contribution in [0.2, 0.25) is 0 Å². The summed E-state index contributed by atoms with van der Waals surface area (Å²) >= 11 is 0. The van der Waals surface area contributed by atoms with Crippen LogP contribution in [0.1, 0.15) is 19.4 Å². The Hall–Kier alpha value is -3.93. The SMILES string of the molecule is CC(C)[C@H](CO)Nc1nc(NCc2cccc([N+](=O)[O-])c2)cc(-c2cccc(OC(F)(F)F)c2)n1. The quantitative estimate of drug-likeness (QED) is 0.268. The minimum atomic E-state index is -4.84. The molecule has 3 rings (SSSR count). The van der Waals surface area contributed by atoms with Crippen LogP contribution in [0, 0.1) is 16.0 Å². The summed E-state index contributed by atoms with van der Waals surface area (Å²) in [7, 11) is 0. The maximum absolute atomic E-state index is 12.7. The molecule has 3 N–H and O–H groups in total. The Morgan fingerprint density at radius 3 is 2.51 bits per heavy atom. The topological polar surface area (TPSA) is 122 Å². The molecule has 3 aromatic rings. The third-order valence-corrected chi connectivity index (χ3v) is 5.00. The fourth-order valence-electron chi connectivity index (χ4n) is 3.16. The number of rotatable bonds is 10. The van der Waals surface area contributed by atoms with Gasteiger partial charge in [-0.15, -0.1) is 13.2 Å². The van der Waals surface area contributed by atoms with Crippen molar-refractivity contribution >= 4 is 17.5 Å². The predicted molar refractivity (Wildman–Crippen MR) is 124 cm³/mol. The molecule has 35 heavy (non-hydrogen) atoms. The summed E-state index contributed by atoms with van der Waals surface area (Å²) in [4.78, 5) is 19.3. The number of nitro benzene ring substituents is 1. The number of alkyl halides is 3. The van der Waals surface area contributed by atoms with Gasteiger partial charge < -0.3 is 20.5 Å². The van der Waals surface area contributed by atoms with Crippen molar-refractivity contribution in [2.24, 2.45) is 5.92 Å². The Morgan fingerprint density at radius 2 is 1.86 bits per heavy atom. The highest BCUT2D eigenvalue weighted by molar-refractivity contribution is 5.66. The van der Waals surface area contributed by atoms with Gasteiger partial charge in [-0.05, 0) is 23.6 Å². The average Bonchev–Trinajstić information content (AvgIpc) is 2.80. The molecule has 2 aromatic carbocycles. The first-order chi connectivity index (χ1) is 16.5. The lowest BCUT2D eigenvalue weighted by Gasteiger charge is -2.21. The van der Waals surface area contributed by atoms with Crippen molar-refractivity contribution in [3.05, 3.63) is 70.3 Å². The number of hydrogen-bond acceptors (Lipinski definition) is 8. The number of hydrogen-bond donors (Lipinski definition) is 3. The van der Waals surface area contributed by atoms with E-state index in [1.165, 1.54) is 30.3 Å². The monoisotopic (exact) mass is 491 g/mol. The standard InChI is InChI=1S/C23H24F3N5O4/c1-14(2)20(13-32)29-22-28-19(16-6-4-8-18(10-16)35-23(24,25)26)11-21(30-22)27-12-15-5-3-7-17(9-15)31(33)34/h3-11,14,20,32H,12-13H2,1-2H3,(H2,27,28,29,30)/t20-/m0/s1. The zero-order chi connectivity index (χ0) is 25.6. The Bertz CT molecular complexity index is 1170. The number of aromatic nitrogens is 2. The largest absolute Gasteiger partial charge is 0.573 e. The van der Waals surface area contributed by atoms with Gasteiger partial charge in [0, 0.05) is 30.3 Å². The molecule has 9 nitrogen and oxygen atoms in total. The minimum Gasteiger partial charge on any atom is -0.406 e. The molecule has 0 radical (unpaired) electrons. The van der Waals surface area contributed by atoms with Crippen molar-refractivity contribution < 1.29 is 27.9 Å². The highest BCUT2D eigenvalue weighted by Crippen LogP contribution is 2.29. The van der Waals surface area contributed by atoms with Gasteiger partial charge in [-0.2, -0.15) is 4.98 Å². The second kappa shape index (κ2) is 11.0. The van der Waals surface area contributed by atoms with Gasteiger partial charge in [0.1, 0.15) is 11.6 Å². The molecule has 0 unspecified atom stereocenters. The summed E-state index contributed by atoms with van der Waals surface area (Å²) in [5, 5.41) is 26.8. The van der Waals surface area contributed by atoms with Crippen LogP contribution in [0.4, 0.5) is 30.6 Å². The Balaban J connectivity index is 1.94. The molecular weight excluding hydrogens is 467 g/mol. The van der Waals surface area contributed by atoms with E-state index in [0.29, 0.717) is 22.6 Å². The van der Waals surface area contributed by atoms with Crippen LogP contribution in [-0.4, -0.2) is 39.0 Å². The van der Waals surface area contributed by atoms with Crippen LogP contribution < -0.4 is 15.4 Å². The number of aliphatic hydroxyl groups is 1. The van der Waals surface area contributed by atoms with E-state index >= 15 is 0 Å². The van der Waals surface area contributed by atoms with Gasteiger partial charge in [0.05, 0.1) is 23.3 Å². The number of nitrogens with zero attached hydrogens (tertiary/aromatic N) is 3. The highest BCUT2D eigenvalue weighted by atomic mass is 19.4. The van der Waals surface area contributed by atoms with Gasteiger partial charge in [0.2, 0.25) is 5.95 Å².